The van der Waals surface area contributed by atoms with Gasteiger partial charge in [-0.05, 0) is 12.8 Å². The van der Waals surface area contributed by atoms with Crippen molar-refractivity contribution in [1.29, 1.82) is 0 Å². The number of aromatic nitrogens is 2. The number of rotatable bonds is 7. The van der Waals surface area contributed by atoms with Crippen molar-refractivity contribution in [2.24, 2.45) is 5.92 Å². The Bertz CT molecular complexity index is 1020. The highest BCUT2D eigenvalue weighted by atomic mass is 32.1. The van der Waals surface area contributed by atoms with Crippen LogP contribution in [-0.2, 0) is 17.8 Å². The first kappa shape index (κ1) is 23.0. The van der Waals surface area contributed by atoms with Crippen molar-refractivity contribution in [2.45, 2.75) is 52.9 Å². The summed E-state index contributed by atoms with van der Waals surface area (Å²) in [6, 6.07) is 0. The Morgan fingerprint density at radius 3 is 2.28 bits per heavy atom. The first-order valence-electron chi connectivity index (χ1n) is 8.71. The Morgan fingerprint density at radius 1 is 1.17 bits per heavy atom. The molecule has 162 valence electrons. The van der Waals surface area contributed by atoms with Gasteiger partial charge in [-0.3, -0.25) is 13.9 Å². The maximum absolute atomic E-state index is 13.8. The molecule has 2 aromatic rings. The molecule has 0 atom stereocenters. The zero-order valence-electron chi connectivity index (χ0n) is 15.8. The van der Waals surface area contributed by atoms with Crippen LogP contribution < -0.4 is 11.2 Å². The lowest BCUT2D eigenvalue weighted by molar-refractivity contribution is -0.136. The van der Waals surface area contributed by atoms with Crippen LogP contribution in [0.25, 0.3) is 10.2 Å². The van der Waals surface area contributed by atoms with Crippen LogP contribution in [0.15, 0.2) is 9.59 Å². The van der Waals surface area contributed by atoms with Gasteiger partial charge in [0.1, 0.15) is 9.71 Å². The molecule has 0 aliphatic heterocycles. The molecular weight excluding hydrogens is 423 g/mol. The summed E-state index contributed by atoms with van der Waals surface area (Å²) in [6.45, 7) is 3.58. The third kappa shape index (κ3) is 4.85. The maximum atomic E-state index is 13.8. The quantitative estimate of drug-likeness (QED) is 0.481. The van der Waals surface area contributed by atoms with Crippen molar-refractivity contribution >= 4 is 27.5 Å². The second-order valence-electron chi connectivity index (χ2n) is 6.66. The van der Waals surface area contributed by atoms with Crippen LogP contribution in [0.2, 0.25) is 0 Å². The molecule has 6 nitrogen and oxygen atoms in total. The molecule has 12 heteroatoms. The van der Waals surface area contributed by atoms with Gasteiger partial charge in [-0.25, -0.2) is 18.4 Å². The molecule has 2 rings (SSSR count). The number of hydrogen-bond acceptors (Lipinski definition) is 5. The van der Waals surface area contributed by atoms with Crippen LogP contribution >= 0.6 is 11.3 Å². The number of alkyl halides is 5. The van der Waals surface area contributed by atoms with E-state index in [1.165, 1.54) is 6.92 Å². The minimum absolute atomic E-state index is 0.131. The van der Waals surface area contributed by atoms with E-state index in [9.17, 15) is 36.3 Å². The highest BCUT2D eigenvalue weighted by Gasteiger charge is 2.32. The predicted octanol–water partition coefficient (Wildman–Crippen LogP) is 3.95. The lowest BCUT2D eigenvalue weighted by Crippen LogP contribution is -2.41. The summed E-state index contributed by atoms with van der Waals surface area (Å²) in [5, 5.41) is -0.629. The molecule has 2 aromatic heterocycles. The van der Waals surface area contributed by atoms with Gasteiger partial charge >= 0.3 is 17.8 Å². The Kier molecular flexibility index (Phi) is 6.86. The number of fused-ring (bicyclic) bond motifs is 1. The van der Waals surface area contributed by atoms with Gasteiger partial charge in [-0.1, -0.05) is 13.8 Å². The number of nitrogens with zero attached hydrogens (tertiary/aromatic N) is 2. The number of ether oxygens (including phenoxy) is 1. The summed E-state index contributed by atoms with van der Waals surface area (Å²) >= 11 is 0.361. The molecule has 0 amide bonds. The normalized spacial score (nSPS) is 12.3. The van der Waals surface area contributed by atoms with E-state index in [4.69, 9.17) is 4.74 Å². The maximum Gasteiger partial charge on any atom is 0.390 e. The Hall–Kier alpha value is -2.24. The second-order valence-corrected chi connectivity index (χ2v) is 7.65. The number of esters is 1. The minimum atomic E-state index is -4.61. The lowest BCUT2D eigenvalue weighted by atomic mass is 10.1. The van der Waals surface area contributed by atoms with Crippen LogP contribution in [0.1, 0.15) is 48.9 Å². The highest BCUT2D eigenvalue weighted by Crippen LogP contribution is 2.36. The van der Waals surface area contributed by atoms with Gasteiger partial charge in [-0.2, -0.15) is 13.2 Å². The number of carbonyl (C=O) groups excluding carboxylic acids is 1. The van der Waals surface area contributed by atoms with Gasteiger partial charge in [0.2, 0.25) is 0 Å². The molecule has 0 aromatic carbocycles. The van der Waals surface area contributed by atoms with E-state index in [0.29, 0.717) is 20.5 Å². The predicted molar refractivity (Wildman–Crippen MR) is 96.8 cm³/mol. The fourth-order valence-electron chi connectivity index (χ4n) is 2.80. The molecule has 29 heavy (non-hydrogen) atoms. The van der Waals surface area contributed by atoms with Gasteiger partial charge in [0.05, 0.1) is 24.0 Å². The summed E-state index contributed by atoms with van der Waals surface area (Å²) in [5.74, 6) is -1.39. The van der Waals surface area contributed by atoms with Crippen LogP contribution in [0, 0.1) is 5.92 Å². The monoisotopic (exact) mass is 442 g/mol. The van der Waals surface area contributed by atoms with Crippen molar-refractivity contribution in [2.75, 3.05) is 6.61 Å². The molecule has 2 heterocycles. The minimum Gasteiger partial charge on any atom is -0.462 e. The molecule has 0 fully saturated rings. The third-order valence-corrected chi connectivity index (χ3v) is 5.15. The van der Waals surface area contributed by atoms with Gasteiger partial charge < -0.3 is 4.74 Å². The van der Waals surface area contributed by atoms with Crippen LogP contribution in [-0.4, -0.2) is 27.9 Å². The molecule has 0 saturated heterocycles. The van der Waals surface area contributed by atoms with Gasteiger partial charge in [0.25, 0.3) is 12.0 Å². The first-order valence-corrected chi connectivity index (χ1v) is 9.52. The Balaban J connectivity index is 2.91. The average molecular weight is 442 g/mol. The number of hydrogen-bond donors (Lipinski definition) is 0. The Labute approximate surface area is 165 Å². The molecule has 0 bridgehead atoms. The van der Waals surface area contributed by atoms with Gasteiger partial charge in [0.15, 0.2) is 0 Å². The summed E-state index contributed by atoms with van der Waals surface area (Å²) in [4.78, 5) is 36.6. The fourth-order valence-corrected chi connectivity index (χ4v) is 4.02. The molecule has 0 saturated carbocycles. The van der Waals surface area contributed by atoms with Crippen LogP contribution in [0.5, 0.6) is 0 Å². The first-order chi connectivity index (χ1) is 13.4. The second kappa shape index (κ2) is 8.64. The standard InChI is InChI=1S/C17H19F5N2O4S/c1-4-28-15(26)11-9(12(18)19)10-13(25)24(7-8(2)3)16(27)23(14(10)29-11)6-5-17(20,21)22/h8,12H,4-7H2,1-3H3. The van der Waals surface area contributed by atoms with Crippen molar-refractivity contribution in [1.82, 2.24) is 9.13 Å². The molecule has 0 aliphatic rings. The molecule has 0 spiro atoms. The van der Waals surface area contributed by atoms with E-state index < -0.39 is 63.4 Å². The number of carbonyl (C=O) groups is 1. The largest absolute Gasteiger partial charge is 0.462 e. The Morgan fingerprint density at radius 2 is 1.79 bits per heavy atom. The third-order valence-electron chi connectivity index (χ3n) is 3.94. The molecule has 0 aliphatic carbocycles. The summed E-state index contributed by atoms with van der Waals surface area (Å²) in [6.07, 6.45) is -9.28. The van der Waals surface area contributed by atoms with Gasteiger partial charge in [-0.15, -0.1) is 11.3 Å². The van der Waals surface area contributed by atoms with E-state index in [0.717, 1.165) is 0 Å². The van der Waals surface area contributed by atoms with E-state index in [-0.39, 0.29) is 19.1 Å². The van der Waals surface area contributed by atoms with E-state index >= 15 is 0 Å². The molecule has 0 unspecified atom stereocenters. The molecule has 0 N–H and O–H groups in total. The average Bonchev–Trinajstić information content (AvgIpc) is 2.98. The van der Waals surface area contributed by atoms with E-state index in [1.54, 1.807) is 13.8 Å². The summed E-state index contributed by atoms with van der Waals surface area (Å²) in [7, 11) is 0. The van der Waals surface area contributed by atoms with Crippen LogP contribution in [0.3, 0.4) is 0 Å². The lowest BCUT2D eigenvalue weighted by Gasteiger charge is -2.14. The zero-order chi connectivity index (χ0) is 22.1. The summed E-state index contributed by atoms with van der Waals surface area (Å²) < 4.78 is 71.7. The molecular formula is C17H19F5N2O4S. The van der Waals surface area contributed by atoms with Crippen molar-refractivity contribution < 1.29 is 31.5 Å². The zero-order valence-corrected chi connectivity index (χ0v) is 16.6. The topological polar surface area (TPSA) is 70.3 Å². The van der Waals surface area contributed by atoms with E-state index in [2.05, 4.69) is 0 Å². The van der Waals surface area contributed by atoms with Gasteiger partial charge in [0, 0.05) is 13.1 Å². The number of aryl methyl sites for hydroxylation is 1. The molecule has 0 radical (unpaired) electrons. The number of thiophene rings is 1. The van der Waals surface area contributed by atoms with Crippen molar-refractivity contribution in [3.63, 3.8) is 0 Å². The SMILES string of the molecule is CCOC(=O)c1sc2c(c1C(F)F)c(=O)n(CC(C)C)c(=O)n2CCC(F)(F)F. The van der Waals surface area contributed by atoms with E-state index in [1.807, 2.05) is 0 Å². The number of halogens is 5. The smallest absolute Gasteiger partial charge is 0.390 e. The summed E-state index contributed by atoms with van der Waals surface area (Å²) in [5.41, 5.74) is -3.03. The van der Waals surface area contributed by atoms with Crippen molar-refractivity contribution in [3.8, 4) is 0 Å². The van der Waals surface area contributed by atoms with Crippen molar-refractivity contribution in [3.05, 3.63) is 31.3 Å². The fraction of sp³-hybridized carbons (Fsp3) is 0.588. The highest BCUT2D eigenvalue weighted by molar-refractivity contribution is 7.20. The van der Waals surface area contributed by atoms with Crippen LogP contribution in [0.4, 0.5) is 22.0 Å².